The van der Waals surface area contributed by atoms with E-state index in [2.05, 4.69) is 5.32 Å². The Balaban J connectivity index is 2.26. The minimum atomic E-state index is -1.03. The summed E-state index contributed by atoms with van der Waals surface area (Å²) in [6.45, 7) is 0. The molecule has 0 saturated carbocycles. The third kappa shape index (κ3) is 4.66. The molecule has 0 radical (unpaired) electrons. The molecule has 0 bridgehead atoms. The van der Waals surface area contributed by atoms with Crippen LogP contribution in [0.15, 0.2) is 42.5 Å². The van der Waals surface area contributed by atoms with E-state index in [1.54, 1.807) is 42.5 Å². The Morgan fingerprint density at radius 2 is 1.62 bits per heavy atom. The number of carbonyl (C=O) groups is 2. The molecule has 0 fully saturated rings. The second kappa shape index (κ2) is 8.75. The van der Waals surface area contributed by atoms with Crippen LogP contribution in [-0.2, 0) is 4.79 Å². The number of methoxy groups -OCH3 is 3. The summed E-state index contributed by atoms with van der Waals surface area (Å²) in [4.78, 5) is 23.7. The lowest BCUT2D eigenvalue weighted by molar-refractivity contribution is -0.137. The number of benzene rings is 2. The average Bonchev–Trinajstić information content (AvgIpc) is 2.66. The molecular formula is C19H21NO6. The van der Waals surface area contributed by atoms with Crippen molar-refractivity contribution in [2.24, 2.45) is 0 Å². The molecule has 0 aromatic heterocycles. The zero-order chi connectivity index (χ0) is 19.1. The van der Waals surface area contributed by atoms with Gasteiger partial charge in [0.25, 0.3) is 5.91 Å². The summed E-state index contributed by atoms with van der Waals surface area (Å²) in [7, 11) is 4.54. The SMILES string of the molecule is COc1ccc(C(=O)N[C@@H](CC(=O)O)c2ccc(OC)c(OC)c2)cc1. The summed E-state index contributed by atoms with van der Waals surface area (Å²) in [6.07, 6.45) is -0.266. The molecule has 2 aromatic rings. The van der Waals surface area contributed by atoms with E-state index in [1.807, 2.05) is 0 Å². The van der Waals surface area contributed by atoms with Crippen LogP contribution in [0.2, 0.25) is 0 Å². The smallest absolute Gasteiger partial charge is 0.305 e. The van der Waals surface area contributed by atoms with Gasteiger partial charge >= 0.3 is 5.97 Å². The number of nitrogens with one attached hydrogen (secondary N) is 1. The minimum Gasteiger partial charge on any atom is -0.497 e. The van der Waals surface area contributed by atoms with Crippen LogP contribution in [0.3, 0.4) is 0 Å². The van der Waals surface area contributed by atoms with Crippen molar-refractivity contribution in [3.05, 3.63) is 53.6 Å². The monoisotopic (exact) mass is 359 g/mol. The average molecular weight is 359 g/mol. The topological polar surface area (TPSA) is 94.1 Å². The molecule has 0 heterocycles. The van der Waals surface area contributed by atoms with Gasteiger partial charge in [0.2, 0.25) is 0 Å². The van der Waals surface area contributed by atoms with Crippen LogP contribution in [0.5, 0.6) is 17.2 Å². The van der Waals surface area contributed by atoms with E-state index >= 15 is 0 Å². The zero-order valence-electron chi connectivity index (χ0n) is 14.8. The number of hydrogen-bond donors (Lipinski definition) is 2. The molecule has 2 rings (SSSR count). The molecule has 0 saturated heterocycles. The number of carboxylic acids is 1. The Hall–Kier alpha value is -3.22. The standard InChI is InChI=1S/C19H21NO6/c1-24-14-7-4-12(5-8-14)19(23)20-15(11-18(21)22)13-6-9-16(25-2)17(10-13)26-3/h4-10,15H,11H2,1-3H3,(H,20,23)(H,21,22)/t15-/m0/s1. The van der Waals surface area contributed by atoms with Gasteiger partial charge in [-0.3, -0.25) is 9.59 Å². The lowest BCUT2D eigenvalue weighted by Crippen LogP contribution is -2.30. The van der Waals surface area contributed by atoms with Crippen LogP contribution in [0.25, 0.3) is 0 Å². The fourth-order valence-corrected chi connectivity index (χ4v) is 2.48. The molecule has 2 aromatic carbocycles. The molecule has 26 heavy (non-hydrogen) atoms. The van der Waals surface area contributed by atoms with E-state index in [0.717, 1.165) is 0 Å². The highest BCUT2D eigenvalue weighted by atomic mass is 16.5. The number of rotatable bonds is 8. The quantitative estimate of drug-likeness (QED) is 0.753. The van der Waals surface area contributed by atoms with Crippen molar-refractivity contribution in [1.29, 1.82) is 0 Å². The maximum Gasteiger partial charge on any atom is 0.305 e. The summed E-state index contributed by atoms with van der Waals surface area (Å²) in [5.41, 5.74) is 1.01. The highest BCUT2D eigenvalue weighted by molar-refractivity contribution is 5.94. The summed E-state index contributed by atoms with van der Waals surface area (Å²) in [5.74, 6) is 0.197. The van der Waals surface area contributed by atoms with Crippen molar-refractivity contribution in [2.75, 3.05) is 21.3 Å². The van der Waals surface area contributed by atoms with Crippen molar-refractivity contribution in [1.82, 2.24) is 5.32 Å². The van der Waals surface area contributed by atoms with E-state index in [4.69, 9.17) is 14.2 Å². The van der Waals surface area contributed by atoms with Gasteiger partial charge in [0.15, 0.2) is 11.5 Å². The molecule has 0 aliphatic heterocycles. The maximum atomic E-state index is 12.5. The largest absolute Gasteiger partial charge is 0.497 e. The Morgan fingerprint density at radius 3 is 2.15 bits per heavy atom. The zero-order valence-corrected chi connectivity index (χ0v) is 14.8. The summed E-state index contributed by atoms with van der Waals surface area (Å²) >= 11 is 0. The van der Waals surface area contributed by atoms with Gasteiger partial charge in [-0.1, -0.05) is 6.07 Å². The Kier molecular flexibility index (Phi) is 6.43. The number of hydrogen-bond acceptors (Lipinski definition) is 5. The van der Waals surface area contributed by atoms with E-state index in [9.17, 15) is 14.7 Å². The fraction of sp³-hybridized carbons (Fsp3) is 0.263. The Bertz CT molecular complexity index is 772. The second-order valence-corrected chi connectivity index (χ2v) is 5.47. The summed E-state index contributed by atoms with van der Waals surface area (Å²) < 4.78 is 15.5. The first-order chi connectivity index (χ1) is 12.5. The van der Waals surface area contributed by atoms with Crippen molar-refractivity contribution in [3.8, 4) is 17.2 Å². The first kappa shape index (κ1) is 19.1. The van der Waals surface area contributed by atoms with Gasteiger partial charge in [-0.2, -0.15) is 0 Å². The van der Waals surface area contributed by atoms with Crippen molar-refractivity contribution >= 4 is 11.9 Å². The first-order valence-corrected chi connectivity index (χ1v) is 7.87. The number of amides is 1. The molecular weight excluding hydrogens is 338 g/mol. The van der Waals surface area contributed by atoms with E-state index in [0.29, 0.717) is 28.4 Å². The van der Waals surface area contributed by atoms with Crippen LogP contribution >= 0.6 is 0 Å². The number of carboxylic acid groups (broad SMARTS) is 1. The van der Waals surface area contributed by atoms with Crippen LogP contribution in [0.1, 0.15) is 28.4 Å². The van der Waals surface area contributed by atoms with Crippen molar-refractivity contribution in [3.63, 3.8) is 0 Å². The van der Waals surface area contributed by atoms with Crippen LogP contribution in [0.4, 0.5) is 0 Å². The highest BCUT2D eigenvalue weighted by Gasteiger charge is 2.20. The molecule has 0 spiro atoms. The van der Waals surface area contributed by atoms with Gasteiger partial charge in [-0.05, 0) is 42.0 Å². The minimum absolute atomic E-state index is 0.266. The molecule has 7 heteroatoms. The lowest BCUT2D eigenvalue weighted by Gasteiger charge is -2.19. The lowest BCUT2D eigenvalue weighted by atomic mass is 10.0. The van der Waals surface area contributed by atoms with Gasteiger partial charge < -0.3 is 24.6 Å². The third-order valence-corrected chi connectivity index (χ3v) is 3.85. The van der Waals surface area contributed by atoms with E-state index < -0.39 is 12.0 Å². The molecule has 1 amide bonds. The van der Waals surface area contributed by atoms with Crippen molar-refractivity contribution < 1.29 is 28.9 Å². The molecule has 138 valence electrons. The molecule has 0 aliphatic carbocycles. The van der Waals surface area contributed by atoms with Crippen molar-refractivity contribution in [2.45, 2.75) is 12.5 Å². The van der Waals surface area contributed by atoms with E-state index in [-0.39, 0.29) is 12.3 Å². The van der Waals surface area contributed by atoms with Crippen LogP contribution in [-0.4, -0.2) is 38.3 Å². The molecule has 1 atom stereocenters. The summed E-state index contributed by atoms with van der Waals surface area (Å²) in [6, 6.07) is 10.9. The number of aliphatic carboxylic acids is 1. The van der Waals surface area contributed by atoms with Gasteiger partial charge in [0.05, 0.1) is 33.8 Å². The second-order valence-electron chi connectivity index (χ2n) is 5.47. The Labute approximate surface area is 151 Å². The molecule has 0 aliphatic rings. The fourth-order valence-electron chi connectivity index (χ4n) is 2.48. The molecule has 2 N–H and O–H groups in total. The number of carbonyl (C=O) groups excluding carboxylic acids is 1. The Morgan fingerprint density at radius 1 is 0.962 bits per heavy atom. The van der Waals surface area contributed by atoms with Gasteiger partial charge in [-0.15, -0.1) is 0 Å². The maximum absolute atomic E-state index is 12.5. The predicted octanol–water partition coefficient (Wildman–Crippen LogP) is 2.66. The van der Waals surface area contributed by atoms with E-state index in [1.165, 1.54) is 21.3 Å². The van der Waals surface area contributed by atoms with Gasteiger partial charge in [-0.25, -0.2) is 0 Å². The molecule has 0 unspecified atom stereocenters. The third-order valence-electron chi connectivity index (χ3n) is 3.85. The van der Waals surface area contributed by atoms with Gasteiger partial charge in [0.1, 0.15) is 5.75 Å². The number of ether oxygens (including phenoxy) is 3. The van der Waals surface area contributed by atoms with Gasteiger partial charge in [0, 0.05) is 5.56 Å². The predicted molar refractivity (Wildman–Crippen MR) is 95.0 cm³/mol. The molecule has 7 nitrogen and oxygen atoms in total. The normalized spacial score (nSPS) is 11.3. The van der Waals surface area contributed by atoms with Crippen LogP contribution in [0, 0.1) is 0 Å². The first-order valence-electron chi connectivity index (χ1n) is 7.87. The highest BCUT2D eigenvalue weighted by Crippen LogP contribution is 2.31. The van der Waals surface area contributed by atoms with Crippen LogP contribution < -0.4 is 19.5 Å². The summed E-state index contributed by atoms with van der Waals surface area (Å²) in [5, 5.41) is 12.0.